The van der Waals surface area contributed by atoms with Gasteiger partial charge in [-0.3, -0.25) is 5.10 Å². The van der Waals surface area contributed by atoms with E-state index in [0.717, 1.165) is 21.8 Å². The molecular weight excluding hydrogens is 308 g/mol. The van der Waals surface area contributed by atoms with E-state index in [1.54, 1.807) is 35.6 Å². The van der Waals surface area contributed by atoms with E-state index in [9.17, 15) is 4.79 Å². The number of thiophene rings is 1. The molecule has 4 nitrogen and oxygen atoms in total. The summed E-state index contributed by atoms with van der Waals surface area (Å²) in [4.78, 5) is 12.0. The van der Waals surface area contributed by atoms with E-state index in [-0.39, 0.29) is 5.56 Å². The van der Waals surface area contributed by atoms with Crippen molar-refractivity contribution >= 4 is 27.4 Å². The Balaban J connectivity index is 1.69. The monoisotopic (exact) mass is 320 g/mol. The lowest BCUT2D eigenvalue weighted by Gasteiger charge is -1.97. The summed E-state index contributed by atoms with van der Waals surface area (Å²) in [5.41, 5.74) is 2.92. The number of aromatic nitrogens is 2. The summed E-state index contributed by atoms with van der Waals surface area (Å²) in [5.74, 6) is -0.926. The van der Waals surface area contributed by atoms with Gasteiger partial charge in [-0.2, -0.15) is 5.10 Å². The molecule has 0 saturated carbocycles. The molecule has 0 saturated heterocycles. The van der Waals surface area contributed by atoms with Gasteiger partial charge in [0.15, 0.2) is 0 Å². The molecule has 112 valence electrons. The number of carboxylic acids is 1. The molecule has 2 aromatic heterocycles. The van der Waals surface area contributed by atoms with Gasteiger partial charge in [0.25, 0.3) is 0 Å². The van der Waals surface area contributed by atoms with Crippen LogP contribution in [0.2, 0.25) is 0 Å². The topological polar surface area (TPSA) is 66.0 Å². The van der Waals surface area contributed by atoms with Gasteiger partial charge in [0, 0.05) is 10.3 Å². The first-order valence-electron chi connectivity index (χ1n) is 7.09. The third-order valence-electron chi connectivity index (χ3n) is 3.70. The Morgan fingerprint density at radius 1 is 1.04 bits per heavy atom. The Hall–Kier alpha value is -2.92. The fourth-order valence-electron chi connectivity index (χ4n) is 2.49. The van der Waals surface area contributed by atoms with Crippen molar-refractivity contribution in [1.82, 2.24) is 10.2 Å². The number of nitrogens with zero attached hydrogens (tertiary/aromatic N) is 1. The quantitative estimate of drug-likeness (QED) is 0.577. The van der Waals surface area contributed by atoms with Gasteiger partial charge in [0.2, 0.25) is 0 Å². The van der Waals surface area contributed by atoms with Crippen LogP contribution in [0.1, 0.15) is 10.4 Å². The van der Waals surface area contributed by atoms with Crippen LogP contribution in [-0.4, -0.2) is 21.3 Å². The van der Waals surface area contributed by atoms with E-state index >= 15 is 0 Å². The summed E-state index contributed by atoms with van der Waals surface area (Å²) in [7, 11) is 0. The molecule has 5 heteroatoms. The van der Waals surface area contributed by atoms with Crippen molar-refractivity contribution in [3.05, 3.63) is 66.2 Å². The summed E-state index contributed by atoms with van der Waals surface area (Å²) >= 11 is 1.72. The largest absolute Gasteiger partial charge is 0.478 e. The highest BCUT2D eigenvalue weighted by Gasteiger charge is 2.10. The van der Waals surface area contributed by atoms with Gasteiger partial charge in [0.05, 0.1) is 21.8 Å². The molecule has 0 atom stereocenters. The number of carbonyl (C=O) groups is 1. The SMILES string of the molecule is O=C(O)c1ccc(-c2cc(-c3cc4ccccc4s3)[nH]n2)cc1. The van der Waals surface area contributed by atoms with Gasteiger partial charge in [-0.25, -0.2) is 4.79 Å². The number of H-pyrrole nitrogens is 1. The third-order valence-corrected chi connectivity index (χ3v) is 4.85. The van der Waals surface area contributed by atoms with Crippen molar-refractivity contribution in [2.75, 3.05) is 0 Å². The first-order valence-corrected chi connectivity index (χ1v) is 7.90. The molecule has 0 aliphatic carbocycles. The fraction of sp³-hybridized carbons (Fsp3) is 0. The van der Waals surface area contributed by atoms with Gasteiger partial charge < -0.3 is 5.11 Å². The van der Waals surface area contributed by atoms with Crippen LogP contribution in [0.4, 0.5) is 0 Å². The van der Waals surface area contributed by atoms with Crippen molar-refractivity contribution in [3.63, 3.8) is 0 Å². The number of hydrogen-bond donors (Lipinski definition) is 2. The van der Waals surface area contributed by atoms with Gasteiger partial charge in [-0.15, -0.1) is 11.3 Å². The molecule has 0 aliphatic heterocycles. The molecule has 0 unspecified atom stereocenters. The average Bonchev–Trinajstić information content (AvgIpc) is 3.21. The second-order valence-electron chi connectivity index (χ2n) is 5.20. The number of carboxylic acid groups (broad SMARTS) is 1. The maximum Gasteiger partial charge on any atom is 0.335 e. The molecule has 2 aromatic carbocycles. The van der Waals surface area contributed by atoms with Crippen LogP contribution in [0.5, 0.6) is 0 Å². The predicted octanol–water partition coefficient (Wildman–Crippen LogP) is 4.66. The first-order chi connectivity index (χ1) is 11.2. The summed E-state index contributed by atoms with van der Waals surface area (Å²) in [6.45, 7) is 0. The van der Waals surface area contributed by atoms with Crippen molar-refractivity contribution in [3.8, 4) is 21.8 Å². The molecule has 0 amide bonds. The van der Waals surface area contributed by atoms with E-state index in [2.05, 4.69) is 28.4 Å². The van der Waals surface area contributed by atoms with Crippen molar-refractivity contribution in [2.45, 2.75) is 0 Å². The highest BCUT2D eigenvalue weighted by molar-refractivity contribution is 7.22. The highest BCUT2D eigenvalue weighted by Crippen LogP contribution is 2.33. The minimum Gasteiger partial charge on any atom is -0.478 e. The number of benzene rings is 2. The van der Waals surface area contributed by atoms with Gasteiger partial charge >= 0.3 is 5.97 Å². The van der Waals surface area contributed by atoms with E-state index in [4.69, 9.17) is 5.11 Å². The van der Waals surface area contributed by atoms with Crippen molar-refractivity contribution < 1.29 is 9.90 Å². The first kappa shape index (κ1) is 13.7. The second-order valence-corrected chi connectivity index (χ2v) is 6.28. The number of aromatic amines is 1. The summed E-state index contributed by atoms with van der Waals surface area (Å²) in [6.07, 6.45) is 0. The van der Waals surface area contributed by atoms with Crippen LogP contribution in [0.25, 0.3) is 31.9 Å². The molecule has 2 N–H and O–H groups in total. The lowest BCUT2D eigenvalue weighted by Crippen LogP contribution is -1.94. The van der Waals surface area contributed by atoms with Crippen LogP contribution < -0.4 is 0 Å². The van der Waals surface area contributed by atoms with E-state index in [1.165, 1.54) is 10.1 Å². The van der Waals surface area contributed by atoms with Crippen LogP contribution in [0, 0.1) is 0 Å². The van der Waals surface area contributed by atoms with Gasteiger partial charge in [-0.1, -0.05) is 30.3 Å². The molecule has 0 spiro atoms. The molecule has 0 radical (unpaired) electrons. The molecule has 2 heterocycles. The van der Waals surface area contributed by atoms with Gasteiger partial charge in [-0.05, 0) is 35.7 Å². The number of nitrogens with one attached hydrogen (secondary N) is 1. The van der Waals surface area contributed by atoms with E-state index < -0.39 is 5.97 Å². The zero-order valence-corrected chi connectivity index (χ0v) is 12.8. The summed E-state index contributed by atoms with van der Waals surface area (Å²) in [6, 6.07) is 19.1. The normalized spacial score (nSPS) is 11.0. The molecule has 0 bridgehead atoms. The molecule has 0 fully saturated rings. The highest BCUT2D eigenvalue weighted by atomic mass is 32.1. The van der Waals surface area contributed by atoms with E-state index in [0.29, 0.717) is 0 Å². The Morgan fingerprint density at radius 3 is 2.57 bits per heavy atom. The minimum absolute atomic E-state index is 0.272. The van der Waals surface area contributed by atoms with Crippen LogP contribution in [-0.2, 0) is 0 Å². The van der Waals surface area contributed by atoms with Gasteiger partial charge in [0.1, 0.15) is 0 Å². The zero-order chi connectivity index (χ0) is 15.8. The smallest absolute Gasteiger partial charge is 0.335 e. The standard InChI is InChI=1S/C18H12N2O2S/c21-18(22)12-7-5-11(6-8-12)14-10-15(20-19-14)17-9-13-3-1-2-4-16(13)23-17/h1-10H,(H,19,20)(H,21,22). The zero-order valence-electron chi connectivity index (χ0n) is 12.0. The van der Waals surface area contributed by atoms with Crippen LogP contribution in [0.3, 0.4) is 0 Å². The summed E-state index contributed by atoms with van der Waals surface area (Å²) < 4.78 is 1.24. The second kappa shape index (κ2) is 5.37. The van der Waals surface area contributed by atoms with Crippen LogP contribution >= 0.6 is 11.3 Å². The fourth-order valence-corrected chi connectivity index (χ4v) is 3.52. The molecule has 4 rings (SSSR count). The van der Waals surface area contributed by atoms with Crippen LogP contribution in [0.15, 0.2) is 60.7 Å². The maximum absolute atomic E-state index is 10.9. The molecule has 4 aromatic rings. The lowest BCUT2D eigenvalue weighted by molar-refractivity contribution is 0.0697. The van der Waals surface area contributed by atoms with Crippen molar-refractivity contribution in [2.24, 2.45) is 0 Å². The van der Waals surface area contributed by atoms with E-state index in [1.807, 2.05) is 18.2 Å². The lowest BCUT2D eigenvalue weighted by atomic mass is 10.1. The van der Waals surface area contributed by atoms with Crippen molar-refractivity contribution in [1.29, 1.82) is 0 Å². The summed E-state index contributed by atoms with van der Waals surface area (Å²) in [5, 5.41) is 17.6. The number of hydrogen-bond acceptors (Lipinski definition) is 3. The Kier molecular flexibility index (Phi) is 3.20. The number of fused-ring (bicyclic) bond motifs is 1. The molecule has 0 aliphatic rings. The Labute approximate surface area is 136 Å². The minimum atomic E-state index is -0.926. The Morgan fingerprint density at radius 2 is 1.83 bits per heavy atom. The molecular formula is C18H12N2O2S. The maximum atomic E-state index is 10.9. The Bertz CT molecular complexity index is 966. The number of aromatic carboxylic acids is 1. The molecule has 23 heavy (non-hydrogen) atoms. The third kappa shape index (κ3) is 2.51. The average molecular weight is 320 g/mol. The predicted molar refractivity (Wildman–Crippen MR) is 91.8 cm³/mol. The number of rotatable bonds is 3.